The molecule has 0 saturated carbocycles. The first kappa shape index (κ1) is 11.2. The lowest BCUT2D eigenvalue weighted by Crippen LogP contribution is -2.28. The number of amides is 1. The molecule has 1 heterocycles. The van der Waals surface area contributed by atoms with Crippen molar-refractivity contribution in [1.82, 2.24) is 10.6 Å². The summed E-state index contributed by atoms with van der Waals surface area (Å²) in [6.07, 6.45) is 1.48. The van der Waals surface area contributed by atoms with Crippen LogP contribution in [-0.4, -0.2) is 26.0 Å². The Kier molecular flexibility index (Phi) is 5.25. The second kappa shape index (κ2) is 6.56. The second-order valence-electron chi connectivity index (χ2n) is 3.09. The lowest BCUT2D eigenvalue weighted by Gasteiger charge is -2.03. The molecule has 4 heteroatoms. The molecule has 0 aromatic carbocycles. The number of carbonyl (C=O) groups excluding carboxylic acids is 1. The molecule has 1 aromatic rings. The summed E-state index contributed by atoms with van der Waals surface area (Å²) in [5, 5.41) is 9.99. The molecule has 0 spiro atoms. The van der Waals surface area contributed by atoms with Gasteiger partial charge in [0.25, 0.3) is 0 Å². The van der Waals surface area contributed by atoms with E-state index < -0.39 is 0 Å². The largest absolute Gasteiger partial charge is 0.356 e. The molecule has 0 unspecified atom stereocenters. The lowest BCUT2D eigenvalue weighted by molar-refractivity contribution is -0.120. The number of hydrogen-bond acceptors (Lipinski definition) is 3. The average Bonchev–Trinajstić information content (AvgIpc) is 2.67. The highest BCUT2D eigenvalue weighted by Crippen LogP contribution is 2.05. The SMILES string of the molecule is CNCCC(=O)NCCc1ccsc1. The van der Waals surface area contributed by atoms with E-state index in [1.54, 1.807) is 11.3 Å². The van der Waals surface area contributed by atoms with E-state index in [4.69, 9.17) is 0 Å². The number of carbonyl (C=O) groups is 1. The van der Waals surface area contributed by atoms with Crippen molar-refractivity contribution in [2.45, 2.75) is 12.8 Å². The zero-order chi connectivity index (χ0) is 10.2. The quantitative estimate of drug-likeness (QED) is 0.739. The molecule has 0 atom stereocenters. The fourth-order valence-corrected chi connectivity index (χ4v) is 1.81. The number of thiophene rings is 1. The van der Waals surface area contributed by atoms with Crippen LogP contribution in [0.4, 0.5) is 0 Å². The Morgan fingerprint density at radius 1 is 1.50 bits per heavy atom. The Labute approximate surface area is 88.5 Å². The molecule has 0 radical (unpaired) electrons. The molecule has 0 aliphatic rings. The highest BCUT2D eigenvalue weighted by molar-refractivity contribution is 7.07. The smallest absolute Gasteiger partial charge is 0.221 e. The van der Waals surface area contributed by atoms with Crippen LogP contribution in [0.15, 0.2) is 16.8 Å². The molecule has 3 nitrogen and oxygen atoms in total. The molecule has 0 aliphatic heterocycles. The third-order valence-corrected chi connectivity index (χ3v) is 2.65. The first-order valence-corrected chi connectivity index (χ1v) is 5.69. The summed E-state index contributed by atoms with van der Waals surface area (Å²) in [6, 6.07) is 2.09. The van der Waals surface area contributed by atoms with E-state index in [-0.39, 0.29) is 5.91 Å². The van der Waals surface area contributed by atoms with Crippen LogP contribution in [0.5, 0.6) is 0 Å². The maximum Gasteiger partial charge on any atom is 0.221 e. The standard InChI is InChI=1S/C10H16N2OS/c1-11-5-3-10(13)12-6-2-9-4-7-14-8-9/h4,7-8,11H,2-3,5-6H2,1H3,(H,12,13). The van der Waals surface area contributed by atoms with Crippen molar-refractivity contribution in [2.75, 3.05) is 20.1 Å². The lowest BCUT2D eigenvalue weighted by atomic mass is 10.2. The zero-order valence-electron chi connectivity index (χ0n) is 8.38. The predicted molar refractivity (Wildman–Crippen MR) is 59.6 cm³/mol. The molecule has 1 aromatic heterocycles. The van der Waals surface area contributed by atoms with Gasteiger partial charge < -0.3 is 10.6 Å². The van der Waals surface area contributed by atoms with Crippen LogP contribution in [0.25, 0.3) is 0 Å². The summed E-state index contributed by atoms with van der Waals surface area (Å²) in [4.78, 5) is 11.2. The van der Waals surface area contributed by atoms with E-state index in [9.17, 15) is 4.79 Å². The third-order valence-electron chi connectivity index (χ3n) is 1.92. The maximum absolute atomic E-state index is 11.2. The zero-order valence-corrected chi connectivity index (χ0v) is 9.19. The van der Waals surface area contributed by atoms with Crippen molar-refractivity contribution < 1.29 is 4.79 Å². The molecule has 0 saturated heterocycles. The maximum atomic E-state index is 11.2. The normalized spacial score (nSPS) is 10.1. The second-order valence-corrected chi connectivity index (χ2v) is 3.87. The summed E-state index contributed by atoms with van der Waals surface area (Å²) < 4.78 is 0. The summed E-state index contributed by atoms with van der Waals surface area (Å²) >= 11 is 1.69. The Balaban J connectivity index is 2.06. The van der Waals surface area contributed by atoms with Gasteiger partial charge in [-0.3, -0.25) is 4.79 Å². The average molecular weight is 212 g/mol. The van der Waals surface area contributed by atoms with Crippen LogP contribution in [0, 0.1) is 0 Å². The molecule has 14 heavy (non-hydrogen) atoms. The minimum absolute atomic E-state index is 0.120. The Morgan fingerprint density at radius 2 is 2.36 bits per heavy atom. The van der Waals surface area contributed by atoms with Crippen LogP contribution in [0.1, 0.15) is 12.0 Å². The van der Waals surface area contributed by atoms with Crippen LogP contribution >= 0.6 is 11.3 Å². The van der Waals surface area contributed by atoms with Gasteiger partial charge in [0.15, 0.2) is 0 Å². The van der Waals surface area contributed by atoms with Gasteiger partial charge in [0.1, 0.15) is 0 Å². The van der Waals surface area contributed by atoms with Gasteiger partial charge in [-0.05, 0) is 35.9 Å². The first-order chi connectivity index (χ1) is 6.83. The summed E-state index contributed by atoms with van der Waals surface area (Å²) in [5.74, 6) is 0.120. The van der Waals surface area contributed by atoms with Crippen molar-refractivity contribution in [2.24, 2.45) is 0 Å². The fraction of sp³-hybridized carbons (Fsp3) is 0.500. The molecule has 1 amide bonds. The summed E-state index contributed by atoms with van der Waals surface area (Å²) in [5.41, 5.74) is 1.30. The van der Waals surface area contributed by atoms with Crippen LogP contribution in [0.3, 0.4) is 0 Å². The third kappa shape index (κ3) is 4.39. The van der Waals surface area contributed by atoms with E-state index in [1.807, 2.05) is 7.05 Å². The highest BCUT2D eigenvalue weighted by atomic mass is 32.1. The summed E-state index contributed by atoms with van der Waals surface area (Å²) in [7, 11) is 1.85. The highest BCUT2D eigenvalue weighted by Gasteiger charge is 1.99. The number of rotatable bonds is 6. The van der Waals surface area contributed by atoms with Gasteiger partial charge in [-0.2, -0.15) is 11.3 Å². The van der Waals surface area contributed by atoms with Crippen LogP contribution < -0.4 is 10.6 Å². The number of nitrogens with one attached hydrogen (secondary N) is 2. The Hall–Kier alpha value is -0.870. The molecule has 78 valence electrons. The predicted octanol–water partition coefficient (Wildman–Crippen LogP) is 1.02. The number of hydrogen-bond donors (Lipinski definition) is 2. The molecule has 0 bridgehead atoms. The van der Waals surface area contributed by atoms with Gasteiger partial charge in [-0.15, -0.1) is 0 Å². The van der Waals surface area contributed by atoms with Crippen molar-refractivity contribution in [3.05, 3.63) is 22.4 Å². The minimum atomic E-state index is 0.120. The van der Waals surface area contributed by atoms with Crippen molar-refractivity contribution >= 4 is 17.2 Å². The molecule has 0 fully saturated rings. The topological polar surface area (TPSA) is 41.1 Å². The van der Waals surface area contributed by atoms with Gasteiger partial charge in [-0.25, -0.2) is 0 Å². The van der Waals surface area contributed by atoms with Gasteiger partial charge >= 0.3 is 0 Å². The summed E-state index contributed by atoms with van der Waals surface area (Å²) in [6.45, 7) is 1.48. The monoisotopic (exact) mass is 212 g/mol. The minimum Gasteiger partial charge on any atom is -0.356 e. The van der Waals surface area contributed by atoms with Crippen molar-refractivity contribution in [3.63, 3.8) is 0 Å². The van der Waals surface area contributed by atoms with E-state index in [1.165, 1.54) is 5.56 Å². The van der Waals surface area contributed by atoms with E-state index in [0.717, 1.165) is 19.5 Å². The Morgan fingerprint density at radius 3 is 3.00 bits per heavy atom. The Bertz CT molecular complexity index is 259. The molecule has 1 rings (SSSR count). The van der Waals surface area contributed by atoms with Gasteiger partial charge in [0.05, 0.1) is 0 Å². The van der Waals surface area contributed by atoms with Crippen LogP contribution in [0.2, 0.25) is 0 Å². The van der Waals surface area contributed by atoms with Crippen LogP contribution in [-0.2, 0) is 11.2 Å². The molecular formula is C10H16N2OS. The first-order valence-electron chi connectivity index (χ1n) is 4.75. The van der Waals surface area contributed by atoms with E-state index in [2.05, 4.69) is 27.5 Å². The fourth-order valence-electron chi connectivity index (χ4n) is 1.11. The van der Waals surface area contributed by atoms with Gasteiger partial charge in [0, 0.05) is 19.5 Å². The molecular weight excluding hydrogens is 196 g/mol. The van der Waals surface area contributed by atoms with E-state index in [0.29, 0.717) is 6.42 Å². The van der Waals surface area contributed by atoms with E-state index >= 15 is 0 Å². The van der Waals surface area contributed by atoms with Crippen molar-refractivity contribution in [3.8, 4) is 0 Å². The molecule has 2 N–H and O–H groups in total. The van der Waals surface area contributed by atoms with Gasteiger partial charge in [0.2, 0.25) is 5.91 Å². The molecule has 0 aliphatic carbocycles. The van der Waals surface area contributed by atoms with Gasteiger partial charge in [-0.1, -0.05) is 0 Å². The van der Waals surface area contributed by atoms with Crippen molar-refractivity contribution in [1.29, 1.82) is 0 Å².